The van der Waals surface area contributed by atoms with Crippen LogP contribution >= 0.6 is 23.1 Å². The number of ether oxygens (including phenoxy) is 1. The largest absolute Gasteiger partial charge is 0.495 e. The SMILES string of the molecule is CNc1nc(Nc2ccc(C(=O)N3CCN(CC4CCC(CSC(C)(C)[C@H](NC(=O)C5(F)CC5)C(=O)N5C[C@H](O)C[C@H]5C(=O)NCc5ccc(-c6scnc6C)cc5)CC4)CC3)cc2OC)ncc1C. The van der Waals surface area contributed by atoms with Crippen molar-refractivity contribution in [3.8, 4) is 16.2 Å². The van der Waals surface area contributed by atoms with Gasteiger partial charge >= 0.3 is 0 Å². The van der Waals surface area contributed by atoms with Crippen LogP contribution in [0.15, 0.2) is 54.2 Å². The minimum absolute atomic E-state index is 0.0331. The van der Waals surface area contributed by atoms with Crippen molar-refractivity contribution in [2.24, 2.45) is 11.8 Å². The predicted octanol–water partition coefficient (Wildman–Crippen LogP) is 6.35. The van der Waals surface area contributed by atoms with Crippen molar-refractivity contribution in [3.05, 3.63) is 76.6 Å². The Morgan fingerprint density at radius 3 is 2.37 bits per heavy atom. The molecule has 19 heteroatoms. The third kappa shape index (κ3) is 12.0. The summed E-state index contributed by atoms with van der Waals surface area (Å²) in [6.45, 7) is 11.7. The molecule has 2 aromatic carbocycles. The fourth-order valence-corrected chi connectivity index (χ4v) is 11.9. The molecule has 0 spiro atoms. The smallest absolute Gasteiger partial charge is 0.258 e. The molecule has 0 radical (unpaired) electrons. The summed E-state index contributed by atoms with van der Waals surface area (Å²) >= 11 is 3.17. The summed E-state index contributed by atoms with van der Waals surface area (Å²) in [6, 6.07) is 11.2. The van der Waals surface area contributed by atoms with Gasteiger partial charge in [-0.15, -0.1) is 11.3 Å². The van der Waals surface area contributed by atoms with Crippen molar-refractivity contribution in [1.29, 1.82) is 0 Å². The number of benzene rings is 2. The van der Waals surface area contributed by atoms with Crippen molar-refractivity contribution in [2.45, 2.75) is 108 Å². The Bertz CT molecular complexity index is 2510. The lowest BCUT2D eigenvalue weighted by atomic mass is 9.82. The molecule has 0 unspecified atom stereocenters. The summed E-state index contributed by atoms with van der Waals surface area (Å²) in [7, 11) is 3.38. The summed E-state index contributed by atoms with van der Waals surface area (Å²) in [5, 5.41) is 22.8. The number of carbonyl (C=O) groups excluding carboxylic acids is 4. The van der Waals surface area contributed by atoms with Gasteiger partial charge in [0.25, 0.3) is 11.8 Å². The van der Waals surface area contributed by atoms with E-state index in [1.54, 1.807) is 48.5 Å². The lowest BCUT2D eigenvalue weighted by Crippen LogP contribution is -2.61. The molecule has 8 rings (SSSR count). The van der Waals surface area contributed by atoms with Gasteiger partial charge in [-0.1, -0.05) is 24.3 Å². The second kappa shape index (κ2) is 22.0. The Morgan fingerprint density at radius 1 is 1.00 bits per heavy atom. The molecule has 0 bridgehead atoms. The Balaban J connectivity index is 0.808. The van der Waals surface area contributed by atoms with E-state index < -0.39 is 46.3 Å². The number of aliphatic hydroxyl groups excluding tert-OH is 1. The fourth-order valence-electron chi connectivity index (χ4n) is 9.74. The molecule has 4 amide bonds. The molecular weight excluding hydrogens is 932 g/mol. The number of hydrogen-bond acceptors (Lipinski definition) is 14. The molecule has 4 aliphatic rings. The second-order valence-corrected chi connectivity index (χ2v) is 22.4. The lowest BCUT2D eigenvalue weighted by molar-refractivity contribution is -0.143. The number of anilines is 3. The van der Waals surface area contributed by atoms with Crippen molar-refractivity contribution in [2.75, 3.05) is 69.8 Å². The maximum absolute atomic E-state index is 15.2. The fraction of sp³-hybridized carbons (Fsp3) is 0.549. The minimum atomic E-state index is -2.00. The summed E-state index contributed by atoms with van der Waals surface area (Å²) in [5.41, 5.74) is 4.84. The van der Waals surface area contributed by atoms with Gasteiger partial charge in [0.1, 0.15) is 23.7 Å². The number of hydrogen-bond donors (Lipinski definition) is 5. The number of alkyl halides is 1. The molecule has 2 saturated heterocycles. The van der Waals surface area contributed by atoms with Crippen LogP contribution in [0.1, 0.15) is 86.0 Å². The number of methoxy groups -OCH3 is 1. The number of aromatic nitrogens is 3. The van der Waals surface area contributed by atoms with Gasteiger partial charge in [0.2, 0.25) is 17.8 Å². The number of aliphatic hydroxyl groups is 1. The maximum atomic E-state index is 15.2. The van der Waals surface area contributed by atoms with E-state index in [9.17, 15) is 24.3 Å². The Morgan fingerprint density at radius 2 is 1.71 bits per heavy atom. The van der Waals surface area contributed by atoms with E-state index in [-0.39, 0.29) is 38.3 Å². The number of carbonyl (C=O) groups is 4. The number of piperazine rings is 1. The van der Waals surface area contributed by atoms with E-state index in [0.29, 0.717) is 47.9 Å². The van der Waals surface area contributed by atoms with E-state index in [1.165, 1.54) is 4.90 Å². The summed E-state index contributed by atoms with van der Waals surface area (Å²) in [5.74, 6) is 1.63. The zero-order valence-corrected chi connectivity index (χ0v) is 42.7. The number of rotatable bonds is 18. The Labute approximate surface area is 418 Å². The van der Waals surface area contributed by atoms with Gasteiger partial charge in [-0.25, -0.2) is 14.4 Å². The van der Waals surface area contributed by atoms with Gasteiger partial charge in [-0.2, -0.15) is 16.7 Å². The molecule has 376 valence electrons. The van der Waals surface area contributed by atoms with Crippen LogP contribution in [-0.4, -0.2) is 146 Å². The molecule has 2 aromatic heterocycles. The molecule has 4 fully saturated rings. The van der Waals surface area contributed by atoms with Crippen molar-refractivity contribution >= 4 is 64.2 Å². The summed E-state index contributed by atoms with van der Waals surface area (Å²) in [6.07, 6.45) is 5.28. The number of thiazole rings is 1. The molecule has 2 saturated carbocycles. The van der Waals surface area contributed by atoms with Gasteiger partial charge in [-0.3, -0.25) is 24.1 Å². The first-order valence-corrected chi connectivity index (χ1v) is 26.3. The molecule has 2 aliphatic heterocycles. The third-order valence-electron chi connectivity index (χ3n) is 14.3. The molecular formula is C51H67FN10O6S2. The summed E-state index contributed by atoms with van der Waals surface area (Å²) < 4.78 is 20.0. The topological polar surface area (TPSA) is 194 Å². The minimum Gasteiger partial charge on any atom is -0.495 e. The number of nitrogens with zero attached hydrogens (tertiary/aromatic N) is 6. The number of aryl methyl sites for hydroxylation is 2. The van der Waals surface area contributed by atoms with E-state index >= 15 is 4.39 Å². The van der Waals surface area contributed by atoms with E-state index in [4.69, 9.17) is 4.74 Å². The molecule has 16 nitrogen and oxygen atoms in total. The average molecular weight is 999 g/mol. The van der Waals surface area contributed by atoms with Gasteiger partial charge in [0.05, 0.1) is 35.0 Å². The van der Waals surface area contributed by atoms with Gasteiger partial charge in [-0.05, 0) is 113 Å². The van der Waals surface area contributed by atoms with Crippen LogP contribution in [0.3, 0.4) is 0 Å². The normalized spacial score (nSPS) is 21.7. The number of likely N-dealkylation sites (tertiary alicyclic amines) is 1. The highest BCUT2D eigenvalue weighted by molar-refractivity contribution is 8.00. The third-order valence-corrected chi connectivity index (χ3v) is 16.9. The number of nitrogens with one attached hydrogen (secondary N) is 4. The molecule has 70 heavy (non-hydrogen) atoms. The van der Waals surface area contributed by atoms with Crippen LogP contribution in [0.4, 0.5) is 21.8 Å². The second-order valence-electron chi connectivity index (χ2n) is 19.9. The van der Waals surface area contributed by atoms with Crippen LogP contribution in [-0.2, 0) is 20.9 Å². The number of thioether (sulfide) groups is 1. The number of amides is 4. The van der Waals surface area contributed by atoms with Crippen LogP contribution in [0.5, 0.6) is 5.75 Å². The van der Waals surface area contributed by atoms with Gasteiger partial charge < -0.3 is 40.9 Å². The van der Waals surface area contributed by atoms with Crippen molar-refractivity contribution in [3.63, 3.8) is 0 Å². The molecule has 2 aliphatic carbocycles. The lowest BCUT2D eigenvalue weighted by Gasteiger charge is -2.40. The molecule has 3 atom stereocenters. The Hall–Kier alpha value is -5.37. The van der Waals surface area contributed by atoms with Gasteiger partial charge in [0, 0.05) is 81.4 Å². The van der Waals surface area contributed by atoms with E-state index in [1.807, 2.05) is 75.5 Å². The van der Waals surface area contributed by atoms with Crippen molar-refractivity contribution < 1.29 is 33.4 Å². The first kappa shape index (κ1) is 51.0. The van der Waals surface area contributed by atoms with Gasteiger partial charge in [0.15, 0.2) is 5.67 Å². The Kier molecular flexibility index (Phi) is 16.0. The highest BCUT2D eigenvalue weighted by Gasteiger charge is 2.54. The molecule has 4 heterocycles. The average Bonchev–Trinajstić information content (AvgIpc) is 3.77. The highest BCUT2D eigenvalue weighted by atomic mass is 32.2. The van der Waals surface area contributed by atoms with Crippen LogP contribution in [0, 0.1) is 25.7 Å². The first-order chi connectivity index (χ1) is 33.5. The quantitative estimate of drug-likeness (QED) is 0.0741. The highest BCUT2D eigenvalue weighted by Crippen LogP contribution is 2.42. The van der Waals surface area contributed by atoms with Crippen molar-refractivity contribution in [1.82, 2.24) is 40.3 Å². The predicted molar refractivity (Wildman–Crippen MR) is 272 cm³/mol. The number of halogens is 1. The maximum Gasteiger partial charge on any atom is 0.258 e. The zero-order chi connectivity index (χ0) is 49.7. The zero-order valence-electron chi connectivity index (χ0n) is 41.1. The first-order valence-electron chi connectivity index (χ1n) is 24.4. The van der Waals surface area contributed by atoms with Crippen LogP contribution in [0.25, 0.3) is 10.4 Å². The van der Waals surface area contributed by atoms with E-state index in [0.717, 1.165) is 84.1 Å². The molecule has 4 aromatic rings. The standard InChI is InChI=1S/C51H67FN10O6S2/c1-31-25-55-49(59-44(31)53-5)57-39-16-15-37(23-41(39)68-6)46(65)61-21-19-60(20-22-61)27-34-7-9-35(10-8-34)29-70-50(3,4)43(58-48(67)51(52)17-18-51)47(66)62-28-38(63)24-40(62)45(64)54-26-33-11-13-36(14-12-33)42-32(2)56-30-69-42/h11-16,23,25,30,34-35,38,40,43,63H,7-10,17-22,24,26-29H2,1-6H3,(H,54,64)(H,58,67)(H2,53,55,57,59)/t34?,35?,38-,40+,43-/m1/s1. The van der Waals surface area contributed by atoms with E-state index in [2.05, 4.69) is 41.1 Å². The number of β-amino-alcohol motifs (C(OH)–C–C–N with tert-alkyl or cyclic N) is 1. The summed E-state index contributed by atoms with van der Waals surface area (Å²) in [4.78, 5) is 75.2. The van der Waals surface area contributed by atoms with Crippen LogP contribution < -0.4 is 26.0 Å². The molecule has 5 N–H and O–H groups in total. The monoisotopic (exact) mass is 998 g/mol. The van der Waals surface area contributed by atoms with Crippen LogP contribution in [0.2, 0.25) is 0 Å².